The fourth-order valence-electron chi connectivity index (χ4n) is 3.34. The highest BCUT2D eigenvalue weighted by Gasteiger charge is 2.28. The van der Waals surface area contributed by atoms with Crippen molar-refractivity contribution in [1.29, 1.82) is 0 Å². The minimum Gasteiger partial charge on any atom is -0.481 e. The van der Waals surface area contributed by atoms with E-state index >= 15 is 0 Å². The van der Waals surface area contributed by atoms with Crippen LogP contribution in [0.2, 0.25) is 0 Å². The van der Waals surface area contributed by atoms with Gasteiger partial charge >= 0.3 is 5.97 Å². The number of benzene rings is 1. The highest BCUT2D eigenvalue weighted by molar-refractivity contribution is 7.17. The van der Waals surface area contributed by atoms with Crippen molar-refractivity contribution < 1.29 is 19.1 Å². The molecule has 1 N–H and O–H groups in total. The van der Waals surface area contributed by atoms with Gasteiger partial charge in [-0.15, -0.1) is 11.3 Å². The topological polar surface area (TPSA) is 64.6 Å². The zero-order chi connectivity index (χ0) is 19.4. The first-order valence-electron chi connectivity index (χ1n) is 9.30. The summed E-state index contributed by atoms with van der Waals surface area (Å²) < 4.78 is 10.8. The van der Waals surface area contributed by atoms with Gasteiger partial charge in [-0.25, -0.2) is 4.79 Å². The number of nitrogens with one attached hydrogen (secondary N) is 1. The number of aryl methyl sites for hydroxylation is 2. The number of methoxy groups -OCH3 is 1. The SMILES string of the molecule is CC[C@@H](Oc1cccc(C)c1)C(=O)Nc1sc2c(c1C(=O)OC)CCCC2. The van der Waals surface area contributed by atoms with Crippen molar-refractivity contribution in [3.8, 4) is 5.75 Å². The van der Waals surface area contributed by atoms with Gasteiger partial charge in [0.1, 0.15) is 10.8 Å². The molecular weight excluding hydrogens is 362 g/mol. The Hall–Kier alpha value is -2.34. The van der Waals surface area contributed by atoms with E-state index in [1.165, 1.54) is 23.3 Å². The van der Waals surface area contributed by atoms with E-state index in [9.17, 15) is 9.59 Å². The van der Waals surface area contributed by atoms with Gasteiger partial charge in [-0.2, -0.15) is 0 Å². The Balaban J connectivity index is 1.81. The average molecular weight is 388 g/mol. The largest absolute Gasteiger partial charge is 0.481 e. The molecular formula is C21H25NO4S. The van der Waals surface area contributed by atoms with Gasteiger partial charge in [0.25, 0.3) is 5.91 Å². The molecule has 0 fully saturated rings. The second-order valence-corrected chi connectivity index (χ2v) is 7.83. The van der Waals surface area contributed by atoms with Gasteiger partial charge in [0.15, 0.2) is 6.10 Å². The summed E-state index contributed by atoms with van der Waals surface area (Å²) in [5.41, 5.74) is 2.61. The van der Waals surface area contributed by atoms with E-state index in [1.54, 1.807) is 0 Å². The molecule has 1 atom stereocenters. The molecule has 5 nitrogen and oxygen atoms in total. The molecule has 0 spiro atoms. The summed E-state index contributed by atoms with van der Waals surface area (Å²) in [5.74, 6) is 0.0239. The monoisotopic (exact) mass is 387 g/mol. The molecule has 6 heteroatoms. The zero-order valence-corrected chi connectivity index (χ0v) is 16.8. The number of ether oxygens (including phenoxy) is 2. The molecule has 2 aromatic rings. The first-order valence-corrected chi connectivity index (χ1v) is 10.1. The molecule has 0 unspecified atom stereocenters. The number of hydrogen-bond donors (Lipinski definition) is 1. The van der Waals surface area contributed by atoms with Gasteiger partial charge in [-0.05, 0) is 62.3 Å². The van der Waals surface area contributed by atoms with Crippen LogP contribution in [-0.2, 0) is 22.4 Å². The Morgan fingerprint density at radius 3 is 2.74 bits per heavy atom. The van der Waals surface area contributed by atoms with Gasteiger partial charge in [0.05, 0.1) is 12.7 Å². The van der Waals surface area contributed by atoms with Crippen molar-refractivity contribution in [3.05, 3.63) is 45.8 Å². The fourth-order valence-corrected chi connectivity index (χ4v) is 4.62. The zero-order valence-electron chi connectivity index (χ0n) is 16.0. The number of fused-ring (bicyclic) bond motifs is 1. The molecule has 27 heavy (non-hydrogen) atoms. The molecule has 0 saturated carbocycles. The second-order valence-electron chi connectivity index (χ2n) is 6.73. The van der Waals surface area contributed by atoms with Crippen LogP contribution >= 0.6 is 11.3 Å². The normalized spacial score (nSPS) is 14.2. The number of esters is 1. The predicted octanol–water partition coefficient (Wildman–Crippen LogP) is 4.52. The summed E-state index contributed by atoms with van der Waals surface area (Å²) in [6, 6.07) is 7.62. The molecule has 0 aliphatic heterocycles. The highest BCUT2D eigenvalue weighted by Crippen LogP contribution is 2.38. The number of carbonyl (C=O) groups is 2. The van der Waals surface area contributed by atoms with Crippen molar-refractivity contribution in [2.24, 2.45) is 0 Å². The Bertz CT molecular complexity index is 843. The Morgan fingerprint density at radius 1 is 1.26 bits per heavy atom. The lowest BCUT2D eigenvalue weighted by molar-refractivity contribution is -0.122. The lowest BCUT2D eigenvalue weighted by Crippen LogP contribution is -2.32. The van der Waals surface area contributed by atoms with Crippen molar-refractivity contribution in [2.45, 2.75) is 52.1 Å². The molecule has 1 aromatic heterocycles. The molecule has 0 radical (unpaired) electrons. The summed E-state index contributed by atoms with van der Waals surface area (Å²) >= 11 is 1.48. The maximum atomic E-state index is 12.8. The van der Waals surface area contributed by atoms with E-state index in [1.807, 2.05) is 38.1 Å². The third-order valence-corrected chi connectivity index (χ3v) is 5.94. The first-order chi connectivity index (χ1) is 13.0. The molecule has 0 bridgehead atoms. The Labute approximate surface area is 163 Å². The highest BCUT2D eigenvalue weighted by atomic mass is 32.1. The van der Waals surface area contributed by atoms with E-state index in [0.717, 1.165) is 36.8 Å². The Kier molecular flexibility index (Phi) is 6.16. The van der Waals surface area contributed by atoms with E-state index in [0.29, 0.717) is 22.7 Å². The lowest BCUT2D eigenvalue weighted by Gasteiger charge is -2.17. The lowest BCUT2D eigenvalue weighted by atomic mass is 9.95. The third-order valence-electron chi connectivity index (χ3n) is 4.73. The van der Waals surface area contributed by atoms with Crippen molar-refractivity contribution in [1.82, 2.24) is 0 Å². The van der Waals surface area contributed by atoms with Crippen LogP contribution in [0.25, 0.3) is 0 Å². The number of carbonyl (C=O) groups excluding carboxylic acids is 2. The quantitative estimate of drug-likeness (QED) is 0.740. The van der Waals surface area contributed by atoms with Gasteiger partial charge in [0.2, 0.25) is 0 Å². The van der Waals surface area contributed by atoms with Crippen LogP contribution < -0.4 is 10.1 Å². The minimum atomic E-state index is -0.628. The first kappa shape index (κ1) is 19.4. The minimum absolute atomic E-state index is 0.247. The van der Waals surface area contributed by atoms with Gasteiger partial charge in [0, 0.05) is 4.88 Å². The van der Waals surface area contributed by atoms with Crippen LogP contribution in [-0.4, -0.2) is 25.1 Å². The number of hydrogen-bond acceptors (Lipinski definition) is 5. The molecule has 0 saturated heterocycles. The van der Waals surface area contributed by atoms with Gasteiger partial charge in [-0.1, -0.05) is 19.1 Å². The van der Waals surface area contributed by atoms with Crippen LogP contribution in [0.5, 0.6) is 5.75 Å². The van der Waals surface area contributed by atoms with E-state index < -0.39 is 12.1 Å². The van der Waals surface area contributed by atoms with E-state index in [-0.39, 0.29) is 5.91 Å². The molecule has 1 heterocycles. The second kappa shape index (κ2) is 8.57. The summed E-state index contributed by atoms with van der Waals surface area (Å²) in [5, 5.41) is 3.50. The van der Waals surface area contributed by atoms with Crippen molar-refractivity contribution in [3.63, 3.8) is 0 Å². The molecule has 1 aliphatic carbocycles. The standard InChI is InChI=1S/C21H25NO4S/c1-4-16(26-14-9-7-8-13(2)12-14)19(23)22-20-18(21(24)25-3)15-10-5-6-11-17(15)27-20/h7-9,12,16H,4-6,10-11H2,1-3H3,(H,22,23)/t16-/m1/s1. The molecule has 1 amide bonds. The molecule has 3 rings (SSSR count). The molecule has 1 aromatic carbocycles. The molecule has 144 valence electrons. The van der Waals surface area contributed by atoms with Crippen LogP contribution in [0.15, 0.2) is 24.3 Å². The number of anilines is 1. The molecule has 1 aliphatic rings. The maximum absolute atomic E-state index is 12.8. The Morgan fingerprint density at radius 2 is 2.04 bits per heavy atom. The van der Waals surface area contributed by atoms with Crippen molar-refractivity contribution in [2.75, 3.05) is 12.4 Å². The van der Waals surface area contributed by atoms with Crippen LogP contribution in [0.4, 0.5) is 5.00 Å². The third kappa shape index (κ3) is 4.33. The fraction of sp³-hybridized carbons (Fsp3) is 0.429. The predicted molar refractivity (Wildman–Crippen MR) is 107 cm³/mol. The van der Waals surface area contributed by atoms with Crippen LogP contribution in [0.3, 0.4) is 0 Å². The number of thiophene rings is 1. The smallest absolute Gasteiger partial charge is 0.341 e. The summed E-state index contributed by atoms with van der Waals surface area (Å²) in [6.45, 7) is 3.88. The number of amides is 1. The summed E-state index contributed by atoms with van der Waals surface area (Å²) in [7, 11) is 1.37. The van der Waals surface area contributed by atoms with E-state index in [2.05, 4.69) is 5.32 Å². The average Bonchev–Trinajstić information content (AvgIpc) is 3.03. The van der Waals surface area contributed by atoms with Crippen LogP contribution in [0.1, 0.15) is 52.5 Å². The van der Waals surface area contributed by atoms with Gasteiger partial charge < -0.3 is 14.8 Å². The van der Waals surface area contributed by atoms with Crippen LogP contribution in [0, 0.1) is 6.92 Å². The van der Waals surface area contributed by atoms with E-state index in [4.69, 9.17) is 9.47 Å². The number of rotatable bonds is 6. The van der Waals surface area contributed by atoms with Gasteiger partial charge in [-0.3, -0.25) is 4.79 Å². The maximum Gasteiger partial charge on any atom is 0.341 e. The summed E-state index contributed by atoms with van der Waals surface area (Å²) in [6.07, 6.45) is 3.85. The van der Waals surface area contributed by atoms with Crippen molar-refractivity contribution >= 4 is 28.2 Å². The summed E-state index contributed by atoms with van der Waals surface area (Å²) in [4.78, 5) is 26.3.